The van der Waals surface area contributed by atoms with Crippen molar-refractivity contribution in [3.8, 4) is 6.07 Å². The Morgan fingerprint density at radius 3 is 2.76 bits per heavy atom. The Labute approximate surface area is 101 Å². The van der Waals surface area contributed by atoms with Crippen LogP contribution in [0.4, 0.5) is 0 Å². The number of rotatable bonds is 1. The molecule has 4 nitrogen and oxygen atoms in total. The highest BCUT2D eigenvalue weighted by atomic mass is 16.1. The van der Waals surface area contributed by atoms with E-state index in [9.17, 15) is 4.79 Å². The second kappa shape index (κ2) is 4.34. The zero-order valence-corrected chi connectivity index (χ0v) is 10.5. The van der Waals surface area contributed by atoms with Crippen molar-refractivity contribution < 1.29 is 0 Å². The number of fused-ring (bicyclic) bond motifs is 1. The summed E-state index contributed by atoms with van der Waals surface area (Å²) >= 11 is 0. The molecule has 0 radical (unpaired) electrons. The van der Waals surface area contributed by atoms with E-state index in [0.29, 0.717) is 0 Å². The van der Waals surface area contributed by atoms with Gasteiger partial charge in [-0.2, -0.15) is 5.26 Å². The lowest BCUT2D eigenvalue weighted by atomic mass is 10.0. The highest BCUT2D eigenvalue weighted by molar-refractivity contribution is 5.35. The molecular formula is C13H17N3O. The van der Waals surface area contributed by atoms with Crippen LogP contribution in [0.1, 0.15) is 36.7 Å². The maximum Gasteiger partial charge on any atom is 0.268 e. The van der Waals surface area contributed by atoms with Gasteiger partial charge in [0.15, 0.2) is 0 Å². The van der Waals surface area contributed by atoms with Crippen molar-refractivity contribution in [2.45, 2.75) is 32.9 Å². The van der Waals surface area contributed by atoms with E-state index >= 15 is 0 Å². The van der Waals surface area contributed by atoms with Crippen LogP contribution in [0, 0.1) is 11.3 Å². The van der Waals surface area contributed by atoms with Crippen LogP contribution in [0.2, 0.25) is 0 Å². The van der Waals surface area contributed by atoms with Gasteiger partial charge in [-0.05, 0) is 32.5 Å². The van der Waals surface area contributed by atoms with Crippen molar-refractivity contribution in [1.82, 2.24) is 9.47 Å². The Morgan fingerprint density at radius 2 is 2.18 bits per heavy atom. The van der Waals surface area contributed by atoms with Crippen LogP contribution in [0.3, 0.4) is 0 Å². The highest BCUT2D eigenvalue weighted by Crippen LogP contribution is 2.20. The summed E-state index contributed by atoms with van der Waals surface area (Å²) in [7, 11) is 2.06. The largest absolute Gasteiger partial charge is 0.309 e. The minimum Gasteiger partial charge on any atom is -0.309 e. The number of hydrogen-bond donors (Lipinski definition) is 0. The van der Waals surface area contributed by atoms with Gasteiger partial charge in [-0.15, -0.1) is 0 Å². The molecule has 0 amide bonds. The number of nitriles is 1. The summed E-state index contributed by atoms with van der Waals surface area (Å²) in [5, 5.41) is 9.02. The monoisotopic (exact) mass is 231 g/mol. The average Bonchev–Trinajstić information content (AvgIpc) is 2.28. The smallest absolute Gasteiger partial charge is 0.268 e. The molecule has 4 heteroatoms. The fourth-order valence-electron chi connectivity index (χ4n) is 2.44. The summed E-state index contributed by atoms with van der Waals surface area (Å²) < 4.78 is 1.78. The Hall–Kier alpha value is -1.60. The number of likely N-dealkylation sites (N-methyl/N-ethyl adjacent to an activating group) is 1. The third kappa shape index (κ3) is 1.98. The molecule has 0 saturated carbocycles. The van der Waals surface area contributed by atoms with Gasteiger partial charge in [0.1, 0.15) is 11.6 Å². The molecule has 1 aromatic heterocycles. The third-order valence-corrected chi connectivity index (χ3v) is 3.24. The molecule has 1 aliphatic rings. The lowest BCUT2D eigenvalue weighted by Crippen LogP contribution is -2.35. The molecular weight excluding hydrogens is 214 g/mol. The van der Waals surface area contributed by atoms with E-state index in [4.69, 9.17) is 5.26 Å². The second-order valence-electron chi connectivity index (χ2n) is 4.90. The predicted octanol–water partition coefficient (Wildman–Crippen LogP) is 1.29. The second-order valence-corrected chi connectivity index (χ2v) is 4.90. The Bertz CT molecular complexity index is 537. The van der Waals surface area contributed by atoms with Crippen LogP contribution in [-0.2, 0) is 13.0 Å². The van der Waals surface area contributed by atoms with Crippen LogP contribution in [-0.4, -0.2) is 23.1 Å². The zero-order valence-electron chi connectivity index (χ0n) is 10.5. The van der Waals surface area contributed by atoms with Gasteiger partial charge in [0.2, 0.25) is 0 Å². The average molecular weight is 231 g/mol. The molecule has 90 valence electrons. The Balaban J connectivity index is 2.69. The van der Waals surface area contributed by atoms with Crippen LogP contribution in [0.25, 0.3) is 0 Å². The molecule has 0 N–H and O–H groups in total. The Kier molecular flexibility index (Phi) is 3.03. The first-order chi connectivity index (χ1) is 8.04. The summed E-state index contributed by atoms with van der Waals surface area (Å²) in [6.45, 7) is 5.75. The van der Waals surface area contributed by atoms with E-state index in [0.717, 1.165) is 30.8 Å². The summed E-state index contributed by atoms with van der Waals surface area (Å²) in [4.78, 5) is 14.3. The normalized spacial score (nSPS) is 15.7. The molecule has 0 spiro atoms. The van der Waals surface area contributed by atoms with Gasteiger partial charge < -0.3 is 9.47 Å². The van der Waals surface area contributed by atoms with Crippen LogP contribution >= 0.6 is 0 Å². The third-order valence-electron chi connectivity index (χ3n) is 3.24. The molecule has 1 aromatic rings. The lowest BCUT2D eigenvalue weighted by molar-refractivity contribution is 0.301. The van der Waals surface area contributed by atoms with Gasteiger partial charge in [-0.1, -0.05) is 0 Å². The molecule has 17 heavy (non-hydrogen) atoms. The molecule has 0 aliphatic carbocycles. The lowest BCUT2D eigenvalue weighted by Gasteiger charge is -2.29. The van der Waals surface area contributed by atoms with Crippen molar-refractivity contribution in [3.05, 3.63) is 33.2 Å². The first kappa shape index (κ1) is 11.9. The highest BCUT2D eigenvalue weighted by Gasteiger charge is 2.21. The molecule has 1 aliphatic heterocycles. The van der Waals surface area contributed by atoms with Crippen molar-refractivity contribution in [3.63, 3.8) is 0 Å². The van der Waals surface area contributed by atoms with Gasteiger partial charge in [-0.25, -0.2) is 0 Å². The maximum absolute atomic E-state index is 12.1. The molecule has 0 saturated heterocycles. The summed E-state index contributed by atoms with van der Waals surface area (Å²) in [6.07, 6.45) is 0.880. The van der Waals surface area contributed by atoms with E-state index in [2.05, 4.69) is 11.9 Å². The fourth-order valence-corrected chi connectivity index (χ4v) is 2.44. The number of nitrogens with zero attached hydrogens (tertiary/aromatic N) is 3. The number of hydrogen-bond acceptors (Lipinski definition) is 3. The number of pyridine rings is 1. The quantitative estimate of drug-likeness (QED) is 0.731. The first-order valence-electron chi connectivity index (χ1n) is 5.90. The van der Waals surface area contributed by atoms with Crippen LogP contribution in [0.5, 0.6) is 0 Å². The molecule has 0 aromatic carbocycles. The molecule has 0 atom stereocenters. The van der Waals surface area contributed by atoms with E-state index in [1.165, 1.54) is 0 Å². The fraction of sp³-hybridized carbons (Fsp3) is 0.538. The minimum atomic E-state index is -0.147. The van der Waals surface area contributed by atoms with Crippen molar-refractivity contribution in [2.75, 3.05) is 13.6 Å². The number of aromatic nitrogens is 1. The first-order valence-corrected chi connectivity index (χ1v) is 5.90. The SMILES string of the molecule is CC(C)n1c2c(cc(C#N)c1=O)CN(C)CC2. The van der Waals surface area contributed by atoms with Gasteiger partial charge in [-0.3, -0.25) is 4.79 Å². The van der Waals surface area contributed by atoms with E-state index < -0.39 is 0 Å². The summed E-state index contributed by atoms with van der Waals surface area (Å²) in [5.41, 5.74) is 2.32. The molecule has 2 rings (SSSR count). The zero-order chi connectivity index (χ0) is 12.6. The summed E-state index contributed by atoms with van der Waals surface area (Å²) in [5.74, 6) is 0. The van der Waals surface area contributed by atoms with Gasteiger partial charge in [0, 0.05) is 31.2 Å². The predicted molar refractivity (Wildman–Crippen MR) is 65.8 cm³/mol. The topological polar surface area (TPSA) is 49.0 Å². The van der Waals surface area contributed by atoms with Gasteiger partial charge >= 0.3 is 0 Å². The standard InChI is InChI=1S/C13H17N3O/c1-9(2)16-12-4-5-15(3)8-11(12)6-10(7-14)13(16)17/h6,9H,4-5,8H2,1-3H3. The minimum absolute atomic E-state index is 0.105. The van der Waals surface area contributed by atoms with Gasteiger partial charge in [0.05, 0.1) is 0 Å². The molecule has 0 bridgehead atoms. The van der Waals surface area contributed by atoms with Crippen LogP contribution in [0.15, 0.2) is 10.9 Å². The maximum atomic E-state index is 12.1. The van der Waals surface area contributed by atoms with E-state index in [-0.39, 0.29) is 17.2 Å². The summed E-state index contributed by atoms with van der Waals surface area (Å²) in [6, 6.07) is 3.86. The van der Waals surface area contributed by atoms with Crippen LogP contribution < -0.4 is 5.56 Å². The van der Waals surface area contributed by atoms with Crippen molar-refractivity contribution in [1.29, 1.82) is 5.26 Å². The Morgan fingerprint density at radius 1 is 1.47 bits per heavy atom. The van der Waals surface area contributed by atoms with Gasteiger partial charge in [0.25, 0.3) is 5.56 Å². The van der Waals surface area contributed by atoms with Crippen molar-refractivity contribution in [2.24, 2.45) is 0 Å². The van der Waals surface area contributed by atoms with E-state index in [1.54, 1.807) is 10.6 Å². The van der Waals surface area contributed by atoms with Crippen molar-refractivity contribution >= 4 is 0 Å². The molecule has 0 unspecified atom stereocenters. The van der Waals surface area contributed by atoms with E-state index in [1.807, 2.05) is 19.9 Å². The molecule has 0 fully saturated rings. The molecule has 2 heterocycles.